The van der Waals surface area contributed by atoms with Crippen LogP contribution in [0.1, 0.15) is 59.8 Å². The summed E-state index contributed by atoms with van der Waals surface area (Å²) in [5.41, 5.74) is 2.76. The van der Waals surface area contributed by atoms with E-state index < -0.39 is 0 Å². The van der Waals surface area contributed by atoms with Gasteiger partial charge in [-0.1, -0.05) is 12.8 Å². The van der Waals surface area contributed by atoms with Crippen LogP contribution in [0.15, 0.2) is 5.51 Å². The lowest BCUT2D eigenvalue weighted by atomic mass is 9.85. The number of carbonyl (C=O) groups is 1. The standard InChI is InChI=1S/C14H20N2O2S/c17-7-10-3-1-2-4-11(10)16-14(18)13-12(9-5-6-9)15-8-19-13/h8-11,17H,1-7H2,(H,16,18). The molecule has 1 aromatic heterocycles. The molecule has 2 unspecified atom stereocenters. The summed E-state index contributed by atoms with van der Waals surface area (Å²) in [7, 11) is 0. The molecule has 5 heteroatoms. The van der Waals surface area contributed by atoms with Gasteiger partial charge in [-0.3, -0.25) is 4.79 Å². The van der Waals surface area contributed by atoms with Crippen LogP contribution in [0, 0.1) is 5.92 Å². The van der Waals surface area contributed by atoms with Crippen molar-refractivity contribution in [3.63, 3.8) is 0 Å². The van der Waals surface area contributed by atoms with E-state index in [-0.39, 0.29) is 24.5 Å². The molecule has 0 bridgehead atoms. The van der Waals surface area contributed by atoms with Crippen molar-refractivity contribution in [2.45, 2.75) is 50.5 Å². The van der Waals surface area contributed by atoms with Gasteiger partial charge in [0.05, 0.1) is 11.2 Å². The van der Waals surface area contributed by atoms with Crippen molar-refractivity contribution < 1.29 is 9.90 Å². The van der Waals surface area contributed by atoms with Gasteiger partial charge in [0.1, 0.15) is 4.88 Å². The maximum atomic E-state index is 12.4. The minimum Gasteiger partial charge on any atom is -0.396 e. The molecule has 19 heavy (non-hydrogen) atoms. The molecule has 1 heterocycles. The van der Waals surface area contributed by atoms with E-state index in [0.717, 1.165) is 49.1 Å². The Hall–Kier alpha value is -0.940. The second-order valence-corrected chi connectivity index (χ2v) is 6.50. The normalized spacial score (nSPS) is 27.2. The first-order chi connectivity index (χ1) is 9.29. The van der Waals surface area contributed by atoms with Gasteiger partial charge in [-0.15, -0.1) is 11.3 Å². The maximum absolute atomic E-state index is 12.4. The van der Waals surface area contributed by atoms with E-state index in [2.05, 4.69) is 10.3 Å². The van der Waals surface area contributed by atoms with Crippen molar-refractivity contribution in [1.29, 1.82) is 0 Å². The summed E-state index contributed by atoms with van der Waals surface area (Å²) in [6, 6.07) is 0.125. The smallest absolute Gasteiger partial charge is 0.263 e. The molecular weight excluding hydrogens is 260 g/mol. The monoisotopic (exact) mass is 280 g/mol. The number of aromatic nitrogens is 1. The van der Waals surface area contributed by atoms with Crippen molar-refractivity contribution in [1.82, 2.24) is 10.3 Å². The molecule has 0 aliphatic heterocycles. The molecule has 0 saturated heterocycles. The number of hydrogen-bond acceptors (Lipinski definition) is 4. The third-order valence-corrected chi connectivity index (χ3v) is 5.07. The average Bonchev–Trinajstić information content (AvgIpc) is 3.16. The fourth-order valence-electron chi connectivity index (χ4n) is 2.92. The van der Waals surface area contributed by atoms with E-state index in [1.807, 2.05) is 0 Å². The molecule has 2 aliphatic carbocycles. The molecule has 0 radical (unpaired) electrons. The fourth-order valence-corrected chi connectivity index (χ4v) is 3.70. The van der Waals surface area contributed by atoms with Gasteiger partial charge in [0.2, 0.25) is 0 Å². The third-order valence-electron chi connectivity index (χ3n) is 4.23. The summed E-state index contributed by atoms with van der Waals surface area (Å²) >= 11 is 1.44. The molecule has 0 aromatic carbocycles. The van der Waals surface area contributed by atoms with Crippen LogP contribution in [-0.4, -0.2) is 28.6 Å². The predicted molar refractivity (Wildman–Crippen MR) is 74.4 cm³/mol. The quantitative estimate of drug-likeness (QED) is 0.889. The Morgan fingerprint density at radius 3 is 2.89 bits per heavy atom. The summed E-state index contributed by atoms with van der Waals surface area (Å²) in [4.78, 5) is 17.5. The molecule has 2 fully saturated rings. The SMILES string of the molecule is O=C(NC1CCCCC1CO)c1scnc1C1CC1. The third kappa shape index (κ3) is 2.82. The van der Waals surface area contributed by atoms with Crippen molar-refractivity contribution >= 4 is 17.2 Å². The van der Waals surface area contributed by atoms with E-state index in [4.69, 9.17) is 0 Å². The summed E-state index contributed by atoms with van der Waals surface area (Å²) in [5.74, 6) is 0.733. The predicted octanol–water partition coefficient (Wildman–Crippen LogP) is 2.30. The van der Waals surface area contributed by atoms with Gasteiger partial charge >= 0.3 is 0 Å². The molecule has 1 amide bonds. The average molecular weight is 280 g/mol. The van der Waals surface area contributed by atoms with Crippen molar-refractivity contribution in [2.75, 3.05) is 6.61 Å². The molecule has 0 spiro atoms. The highest BCUT2D eigenvalue weighted by Gasteiger charge is 2.32. The summed E-state index contributed by atoms with van der Waals surface area (Å²) in [5, 5.41) is 12.5. The van der Waals surface area contributed by atoms with E-state index in [9.17, 15) is 9.90 Å². The number of aliphatic hydroxyl groups excluding tert-OH is 1. The van der Waals surface area contributed by atoms with Gasteiger partial charge in [-0.2, -0.15) is 0 Å². The zero-order valence-corrected chi connectivity index (χ0v) is 11.8. The lowest BCUT2D eigenvalue weighted by Crippen LogP contribution is -2.43. The summed E-state index contributed by atoms with van der Waals surface area (Å²) < 4.78 is 0. The minimum absolute atomic E-state index is 0.00903. The molecule has 3 rings (SSSR count). The molecule has 1 aromatic rings. The van der Waals surface area contributed by atoms with Crippen LogP contribution in [-0.2, 0) is 0 Å². The van der Waals surface area contributed by atoms with Crippen LogP contribution in [0.2, 0.25) is 0 Å². The highest BCUT2D eigenvalue weighted by atomic mass is 32.1. The lowest BCUT2D eigenvalue weighted by molar-refractivity contribution is 0.0875. The van der Waals surface area contributed by atoms with Crippen molar-refractivity contribution in [3.8, 4) is 0 Å². The first-order valence-electron chi connectivity index (χ1n) is 7.14. The zero-order valence-electron chi connectivity index (χ0n) is 11.0. The maximum Gasteiger partial charge on any atom is 0.263 e. The van der Waals surface area contributed by atoms with Crippen molar-refractivity contribution in [2.24, 2.45) is 5.92 Å². The Bertz CT molecular complexity index is 456. The number of nitrogens with one attached hydrogen (secondary N) is 1. The van der Waals surface area contributed by atoms with E-state index in [1.165, 1.54) is 11.3 Å². The van der Waals surface area contributed by atoms with Gasteiger partial charge in [0.25, 0.3) is 5.91 Å². The first kappa shape index (κ1) is 13.1. The Balaban J connectivity index is 1.68. The molecular formula is C14H20N2O2S. The number of amides is 1. The first-order valence-corrected chi connectivity index (χ1v) is 8.02. The minimum atomic E-state index is 0.00903. The van der Waals surface area contributed by atoms with Crippen molar-refractivity contribution in [3.05, 3.63) is 16.1 Å². The Labute approximate surface area is 117 Å². The van der Waals surface area contributed by atoms with E-state index >= 15 is 0 Å². The number of aliphatic hydroxyl groups is 1. The van der Waals surface area contributed by atoms with Gasteiger partial charge in [-0.25, -0.2) is 4.98 Å². The second kappa shape index (κ2) is 5.59. The Kier molecular flexibility index (Phi) is 3.84. The second-order valence-electron chi connectivity index (χ2n) is 5.65. The van der Waals surface area contributed by atoms with Gasteiger partial charge in [0.15, 0.2) is 0 Å². The number of rotatable bonds is 4. The van der Waals surface area contributed by atoms with Gasteiger partial charge < -0.3 is 10.4 Å². The summed E-state index contributed by atoms with van der Waals surface area (Å²) in [6.45, 7) is 0.170. The number of carbonyl (C=O) groups excluding carboxylic acids is 1. The highest BCUT2D eigenvalue weighted by Crippen LogP contribution is 2.41. The van der Waals surface area contributed by atoms with E-state index in [0.29, 0.717) is 5.92 Å². The highest BCUT2D eigenvalue weighted by molar-refractivity contribution is 7.11. The van der Waals surface area contributed by atoms with Crippen LogP contribution in [0.25, 0.3) is 0 Å². The van der Waals surface area contributed by atoms with Crippen LogP contribution < -0.4 is 5.32 Å². The number of hydrogen-bond donors (Lipinski definition) is 2. The number of thiazole rings is 1. The van der Waals surface area contributed by atoms with E-state index in [1.54, 1.807) is 5.51 Å². The Morgan fingerprint density at radius 2 is 2.16 bits per heavy atom. The molecule has 2 N–H and O–H groups in total. The Morgan fingerprint density at radius 1 is 1.37 bits per heavy atom. The number of nitrogens with zero attached hydrogens (tertiary/aromatic N) is 1. The fraction of sp³-hybridized carbons (Fsp3) is 0.714. The zero-order chi connectivity index (χ0) is 13.2. The van der Waals surface area contributed by atoms with Gasteiger partial charge in [-0.05, 0) is 25.7 Å². The summed E-state index contributed by atoms with van der Waals surface area (Å²) in [6.07, 6.45) is 6.61. The molecule has 4 nitrogen and oxygen atoms in total. The largest absolute Gasteiger partial charge is 0.396 e. The van der Waals surface area contributed by atoms with Crippen LogP contribution in [0.5, 0.6) is 0 Å². The van der Waals surface area contributed by atoms with Crippen LogP contribution in [0.4, 0.5) is 0 Å². The topological polar surface area (TPSA) is 62.2 Å². The lowest BCUT2D eigenvalue weighted by Gasteiger charge is -2.30. The molecule has 2 atom stereocenters. The van der Waals surface area contributed by atoms with Crippen LogP contribution in [0.3, 0.4) is 0 Å². The van der Waals surface area contributed by atoms with Gasteiger partial charge in [0, 0.05) is 24.5 Å². The molecule has 2 saturated carbocycles. The molecule has 2 aliphatic rings. The van der Waals surface area contributed by atoms with Crippen LogP contribution >= 0.6 is 11.3 Å². The molecule has 104 valence electrons.